The maximum atomic E-state index is 5.94. The van der Waals surface area contributed by atoms with E-state index >= 15 is 0 Å². The lowest BCUT2D eigenvalue weighted by Crippen LogP contribution is -2.48. The van der Waals surface area contributed by atoms with E-state index in [1.165, 1.54) is 5.56 Å². The van der Waals surface area contributed by atoms with Gasteiger partial charge in [0.25, 0.3) is 0 Å². The first kappa shape index (κ1) is 17.3. The number of hydrogen-bond donors (Lipinski definition) is 2. The molecule has 1 aliphatic rings. The minimum absolute atomic E-state index is 0. The Kier molecular flexibility index (Phi) is 5.46. The first-order valence-corrected chi connectivity index (χ1v) is 6.95. The van der Waals surface area contributed by atoms with Gasteiger partial charge in [0.1, 0.15) is 0 Å². The summed E-state index contributed by atoms with van der Waals surface area (Å²) in [5.41, 5.74) is 7.58. The van der Waals surface area contributed by atoms with Crippen LogP contribution < -0.4 is 11.1 Å². The van der Waals surface area contributed by atoms with Crippen LogP contribution in [0.25, 0.3) is 0 Å². The summed E-state index contributed by atoms with van der Waals surface area (Å²) in [5, 5.41) is 3.21. The lowest BCUT2D eigenvalue weighted by Gasteiger charge is -2.44. The molecule has 0 aliphatic heterocycles. The number of guanidine groups is 1. The molecule has 1 aliphatic carbocycles. The maximum absolute atomic E-state index is 5.94. The van der Waals surface area contributed by atoms with Gasteiger partial charge in [-0.25, -0.2) is 0 Å². The number of benzene rings is 1. The van der Waals surface area contributed by atoms with Crippen LogP contribution in [0.2, 0.25) is 0 Å². The van der Waals surface area contributed by atoms with Crippen molar-refractivity contribution in [2.45, 2.75) is 57.5 Å². The first-order chi connectivity index (χ1) is 8.78. The second-order valence-electron chi connectivity index (χ2n) is 6.88. The molecule has 0 radical (unpaired) electrons. The van der Waals surface area contributed by atoms with E-state index in [9.17, 15) is 0 Å². The predicted octanol–water partition coefficient (Wildman–Crippen LogP) is 3.43. The average molecular weight is 387 g/mol. The van der Waals surface area contributed by atoms with Gasteiger partial charge < -0.3 is 11.1 Å². The molecule has 4 heteroatoms. The molecule has 0 amide bonds. The molecule has 1 saturated carbocycles. The van der Waals surface area contributed by atoms with Crippen molar-refractivity contribution in [1.29, 1.82) is 0 Å². The van der Waals surface area contributed by atoms with E-state index in [0.717, 1.165) is 12.8 Å². The van der Waals surface area contributed by atoms with Crippen molar-refractivity contribution in [2.75, 3.05) is 0 Å². The third-order valence-corrected chi connectivity index (χ3v) is 3.67. The Balaban J connectivity index is 0.00000200. The summed E-state index contributed by atoms with van der Waals surface area (Å²) in [6.07, 6.45) is 2.15. The fourth-order valence-electron chi connectivity index (χ4n) is 2.76. The van der Waals surface area contributed by atoms with Gasteiger partial charge in [-0.3, -0.25) is 4.99 Å². The van der Waals surface area contributed by atoms with Gasteiger partial charge in [0.2, 0.25) is 0 Å². The van der Waals surface area contributed by atoms with Gasteiger partial charge >= 0.3 is 0 Å². The first-order valence-electron chi connectivity index (χ1n) is 6.95. The molecule has 20 heavy (non-hydrogen) atoms. The lowest BCUT2D eigenvalue weighted by molar-refractivity contribution is 0.228. The van der Waals surface area contributed by atoms with Crippen LogP contribution in [0.4, 0.5) is 0 Å². The standard InChI is InChI=1S/C16H25N3.HI/c1-15(2,3)19-14(17)18-13-10-16(4,11-13)12-8-6-5-7-9-12;/h5-9,13H,10-11H2,1-4H3,(H3,17,18,19);1H. The van der Waals surface area contributed by atoms with E-state index in [1.54, 1.807) is 0 Å². The fraction of sp³-hybridized carbons (Fsp3) is 0.562. The predicted molar refractivity (Wildman–Crippen MR) is 96.7 cm³/mol. The second-order valence-corrected chi connectivity index (χ2v) is 6.88. The number of nitrogens with zero attached hydrogens (tertiary/aromatic N) is 1. The smallest absolute Gasteiger partial charge is 0.189 e. The maximum Gasteiger partial charge on any atom is 0.189 e. The highest BCUT2D eigenvalue weighted by Crippen LogP contribution is 2.44. The molecular weight excluding hydrogens is 361 g/mol. The highest BCUT2D eigenvalue weighted by molar-refractivity contribution is 14.0. The summed E-state index contributed by atoms with van der Waals surface area (Å²) < 4.78 is 0. The van der Waals surface area contributed by atoms with Crippen molar-refractivity contribution >= 4 is 29.9 Å². The Bertz CT molecular complexity index is 456. The molecule has 3 N–H and O–H groups in total. The number of rotatable bonds is 2. The van der Waals surface area contributed by atoms with Gasteiger partial charge in [-0.2, -0.15) is 0 Å². The van der Waals surface area contributed by atoms with Crippen LogP contribution >= 0.6 is 24.0 Å². The molecule has 3 nitrogen and oxygen atoms in total. The van der Waals surface area contributed by atoms with Crippen LogP contribution in [0.15, 0.2) is 35.3 Å². The van der Waals surface area contributed by atoms with Crippen LogP contribution in [-0.2, 0) is 5.41 Å². The number of halogens is 1. The Morgan fingerprint density at radius 2 is 1.80 bits per heavy atom. The summed E-state index contributed by atoms with van der Waals surface area (Å²) in [6.45, 7) is 8.57. The summed E-state index contributed by atoms with van der Waals surface area (Å²) >= 11 is 0. The van der Waals surface area contributed by atoms with Crippen LogP contribution in [-0.4, -0.2) is 17.5 Å². The van der Waals surface area contributed by atoms with Crippen molar-refractivity contribution in [3.05, 3.63) is 35.9 Å². The van der Waals surface area contributed by atoms with E-state index in [-0.39, 0.29) is 34.9 Å². The zero-order chi connectivity index (χ0) is 14.1. The quantitative estimate of drug-likeness (QED) is 0.464. The van der Waals surface area contributed by atoms with Crippen molar-refractivity contribution in [2.24, 2.45) is 10.7 Å². The Morgan fingerprint density at radius 1 is 1.25 bits per heavy atom. The second kappa shape index (κ2) is 6.33. The number of nitrogens with one attached hydrogen (secondary N) is 1. The van der Waals surface area contributed by atoms with Crippen LogP contribution in [0.1, 0.15) is 46.1 Å². The van der Waals surface area contributed by atoms with Crippen molar-refractivity contribution in [3.63, 3.8) is 0 Å². The van der Waals surface area contributed by atoms with Crippen LogP contribution in [0.3, 0.4) is 0 Å². The van der Waals surface area contributed by atoms with Gasteiger partial charge in [-0.1, -0.05) is 37.3 Å². The molecule has 2 rings (SSSR count). The third kappa shape index (κ3) is 4.36. The van der Waals surface area contributed by atoms with Crippen LogP contribution in [0.5, 0.6) is 0 Å². The monoisotopic (exact) mass is 387 g/mol. The van der Waals surface area contributed by atoms with Gasteiger partial charge in [-0.05, 0) is 44.6 Å². The number of aliphatic imine (C=N–C) groups is 1. The summed E-state index contributed by atoms with van der Waals surface area (Å²) in [4.78, 5) is 4.57. The third-order valence-electron chi connectivity index (χ3n) is 3.67. The SMILES string of the molecule is CC(C)(C)NC(N)=NC1CC(C)(c2ccccc2)C1.I. The topological polar surface area (TPSA) is 50.4 Å². The fourth-order valence-corrected chi connectivity index (χ4v) is 2.76. The van der Waals surface area contributed by atoms with Gasteiger partial charge in [0.15, 0.2) is 5.96 Å². The van der Waals surface area contributed by atoms with Crippen molar-refractivity contribution in [1.82, 2.24) is 5.32 Å². The molecule has 1 aromatic rings. The lowest BCUT2D eigenvalue weighted by atomic mass is 9.63. The summed E-state index contributed by atoms with van der Waals surface area (Å²) in [6, 6.07) is 11.0. The molecular formula is C16H26IN3. The van der Waals surface area contributed by atoms with E-state index in [4.69, 9.17) is 5.73 Å². The summed E-state index contributed by atoms with van der Waals surface area (Å²) in [5.74, 6) is 0.563. The molecule has 1 fully saturated rings. The van der Waals surface area contributed by atoms with Gasteiger partial charge in [0, 0.05) is 5.54 Å². The highest BCUT2D eigenvalue weighted by Gasteiger charge is 2.41. The zero-order valence-electron chi connectivity index (χ0n) is 12.8. The molecule has 0 saturated heterocycles. The number of hydrogen-bond acceptors (Lipinski definition) is 1. The van der Waals surface area contributed by atoms with Gasteiger partial charge in [0.05, 0.1) is 6.04 Å². The van der Waals surface area contributed by atoms with E-state index < -0.39 is 0 Å². The molecule has 1 aromatic carbocycles. The molecule has 0 heterocycles. The Hall–Kier alpha value is -0.780. The van der Waals surface area contributed by atoms with Crippen molar-refractivity contribution < 1.29 is 0 Å². The Labute approximate surface area is 139 Å². The normalized spacial score (nSPS) is 26.4. The minimum atomic E-state index is -0.0277. The largest absolute Gasteiger partial charge is 0.370 e. The van der Waals surface area contributed by atoms with E-state index in [1.807, 2.05) is 0 Å². The van der Waals surface area contributed by atoms with E-state index in [0.29, 0.717) is 12.0 Å². The molecule has 0 aromatic heterocycles. The molecule has 112 valence electrons. The highest BCUT2D eigenvalue weighted by atomic mass is 127. The van der Waals surface area contributed by atoms with E-state index in [2.05, 4.69) is 68.3 Å². The van der Waals surface area contributed by atoms with Gasteiger partial charge in [-0.15, -0.1) is 24.0 Å². The molecule has 0 unspecified atom stereocenters. The Morgan fingerprint density at radius 3 is 2.30 bits per heavy atom. The number of nitrogens with two attached hydrogens (primary N) is 1. The molecule has 0 spiro atoms. The molecule has 0 bridgehead atoms. The van der Waals surface area contributed by atoms with Crippen LogP contribution in [0, 0.1) is 0 Å². The molecule has 0 atom stereocenters. The van der Waals surface area contributed by atoms with Crippen molar-refractivity contribution in [3.8, 4) is 0 Å². The average Bonchev–Trinajstić information content (AvgIpc) is 2.25. The zero-order valence-corrected chi connectivity index (χ0v) is 15.1. The summed E-state index contributed by atoms with van der Waals surface area (Å²) in [7, 11) is 0. The minimum Gasteiger partial charge on any atom is -0.370 e.